The largest absolute Gasteiger partial charge is 0.480 e. The molecular weight excluding hydrogens is 176 g/mol. The van der Waals surface area contributed by atoms with Crippen LogP contribution in [0.5, 0.6) is 0 Å². The first-order valence-corrected chi connectivity index (χ1v) is 5.14. The SMILES string of the molecule is CC(C)=CCCCCOC(=N)[C@@H](C)N. The van der Waals surface area contributed by atoms with E-state index in [0.29, 0.717) is 6.61 Å². The number of nitrogens with two attached hydrogens (primary N) is 1. The van der Waals surface area contributed by atoms with Crippen LogP contribution in [0.2, 0.25) is 0 Å². The minimum Gasteiger partial charge on any atom is -0.480 e. The van der Waals surface area contributed by atoms with Crippen molar-refractivity contribution in [2.75, 3.05) is 6.61 Å². The number of ether oxygens (including phenoxy) is 1. The molecule has 0 saturated heterocycles. The Hall–Kier alpha value is -0.830. The van der Waals surface area contributed by atoms with E-state index in [9.17, 15) is 0 Å². The van der Waals surface area contributed by atoms with Crippen LogP contribution in [0, 0.1) is 5.41 Å². The van der Waals surface area contributed by atoms with Gasteiger partial charge in [-0.3, -0.25) is 5.41 Å². The molecule has 0 amide bonds. The Labute approximate surface area is 86.8 Å². The molecule has 0 fully saturated rings. The van der Waals surface area contributed by atoms with Crippen LogP contribution in [-0.4, -0.2) is 18.5 Å². The number of hydrogen-bond acceptors (Lipinski definition) is 3. The number of hydrogen-bond donors (Lipinski definition) is 2. The zero-order valence-corrected chi connectivity index (χ0v) is 9.47. The van der Waals surface area contributed by atoms with Crippen molar-refractivity contribution in [3.63, 3.8) is 0 Å². The molecule has 0 aliphatic rings. The molecule has 0 unspecified atom stereocenters. The van der Waals surface area contributed by atoms with Crippen molar-refractivity contribution in [2.45, 2.75) is 46.1 Å². The number of rotatable bonds is 6. The summed E-state index contributed by atoms with van der Waals surface area (Å²) in [6.45, 7) is 6.56. The Morgan fingerprint density at radius 2 is 2.07 bits per heavy atom. The summed E-state index contributed by atoms with van der Waals surface area (Å²) in [5.74, 6) is 0.187. The number of unbranched alkanes of at least 4 members (excludes halogenated alkanes) is 2. The molecule has 3 nitrogen and oxygen atoms in total. The molecule has 3 heteroatoms. The van der Waals surface area contributed by atoms with Crippen LogP contribution in [0.15, 0.2) is 11.6 Å². The zero-order chi connectivity index (χ0) is 11.0. The molecule has 14 heavy (non-hydrogen) atoms. The molecule has 82 valence electrons. The lowest BCUT2D eigenvalue weighted by molar-refractivity contribution is 0.280. The maximum absolute atomic E-state index is 7.33. The Balaban J connectivity index is 3.30. The van der Waals surface area contributed by atoms with E-state index in [2.05, 4.69) is 19.9 Å². The molecule has 0 aromatic carbocycles. The number of nitrogens with one attached hydrogen (secondary N) is 1. The van der Waals surface area contributed by atoms with E-state index >= 15 is 0 Å². The van der Waals surface area contributed by atoms with E-state index in [1.54, 1.807) is 6.92 Å². The van der Waals surface area contributed by atoms with Crippen LogP contribution in [0.25, 0.3) is 0 Å². The van der Waals surface area contributed by atoms with Gasteiger partial charge in [-0.25, -0.2) is 0 Å². The average Bonchev–Trinajstić information content (AvgIpc) is 2.09. The zero-order valence-electron chi connectivity index (χ0n) is 9.47. The fourth-order valence-corrected chi connectivity index (χ4v) is 0.951. The first kappa shape index (κ1) is 13.2. The van der Waals surface area contributed by atoms with Gasteiger partial charge in [0.25, 0.3) is 0 Å². The van der Waals surface area contributed by atoms with Gasteiger partial charge in [-0.15, -0.1) is 0 Å². The van der Waals surface area contributed by atoms with E-state index in [1.807, 2.05) is 0 Å². The summed E-state index contributed by atoms with van der Waals surface area (Å²) in [6, 6.07) is -0.284. The standard InChI is InChI=1S/C11H22N2O/c1-9(2)7-5-4-6-8-14-11(13)10(3)12/h7,10,13H,4-6,8,12H2,1-3H3/t10-/m1/s1. The first-order chi connectivity index (χ1) is 6.54. The van der Waals surface area contributed by atoms with Crippen LogP contribution in [0.3, 0.4) is 0 Å². The van der Waals surface area contributed by atoms with E-state index in [1.165, 1.54) is 5.57 Å². The molecule has 0 spiro atoms. The fourth-order valence-electron chi connectivity index (χ4n) is 0.951. The van der Waals surface area contributed by atoms with Crippen molar-refractivity contribution in [1.82, 2.24) is 0 Å². The molecule has 1 atom stereocenters. The third-order valence-corrected chi connectivity index (χ3v) is 1.82. The molecule has 0 bridgehead atoms. The molecule has 0 aromatic rings. The molecule has 0 heterocycles. The van der Waals surface area contributed by atoms with E-state index in [-0.39, 0.29) is 11.9 Å². The van der Waals surface area contributed by atoms with Crippen LogP contribution in [-0.2, 0) is 4.74 Å². The third kappa shape index (κ3) is 7.80. The Bertz CT molecular complexity index is 193. The molecule has 0 aliphatic carbocycles. The van der Waals surface area contributed by atoms with E-state index in [0.717, 1.165) is 19.3 Å². The topological polar surface area (TPSA) is 59.1 Å². The lowest BCUT2D eigenvalue weighted by Gasteiger charge is -2.09. The minimum atomic E-state index is -0.284. The maximum Gasteiger partial charge on any atom is 0.197 e. The van der Waals surface area contributed by atoms with Gasteiger partial charge in [0.1, 0.15) is 0 Å². The normalized spacial score (nSPS) is 12.0. The maximum atomic E-state index is 7.33. The predicted octanol–water partition coefficient (Wildman–Crippen LogP) is 2.46. The third-order valence-electron chi connectivity index (χ3n) is 1.82. The smallest absolute Gasteiger partial charge is 0.197 e. The van der Waals surface area contributed by atoms with Gasteiger partial charge in [0.15, 0.2) is 5.90 Å². The van der Waals surface area contributed by atoms with Gasteiger partial charge in [0.05, 0.1) is 12.6 Å². The molecule has 0 rings (SSSR count). The Kier molecular flexibility index (Phi) is 7.11. The second-order valence-corrected chi connectivity index (χ2v) is 3.78. The molecule has 0 radical (unpaired) electrons. The molecular formula is C11H22N2O. The minimum absolute atomic E-state index is 0.187. The predicted molar refractivity (Wildman–Crippen MR) is 60.6 cm³/mol. The summed E-state index contributed by atoms with van der Waals surface area (Å²) in [5, 5.41) is 7.33. The average molecular weight is 198 g/mol. The summed E-state index contributed by atoms with van der Waals surface area (Å²) >= 11 is 0. The lowest BCUT2D eigenvalue weighted by atomic mass is 10.2. The fraction of sp³-hybridized carbons (Fsp3) is 0.727. The molecule has 0 saturated carbocycles. The Morgan fingerprint density at radius 1 is 1.43 bits per heavy atom. The van der Waals surface area contributed by atoms with Crippen molar-refractivity contribution in [3.8, 4) is 0 Å². The van der Waals surface area contributed by atoms with Crippen molar-refractivity contribution < 1.29 is 4.74 Å². The summed E-state index contributed by atoms with van der Waals surface area (Å²) in [4.78, 5) is 0. The van der Waals surface area contributed by atoms with E-state index in [4.69, 9.17) is 15.9 Å². The van der Waals surface area contributed by atoms with Gasteiger partial charge >= 0.3 is 0 Å². The summed E-state index contributed by atoms with van der Waals surface area (Å²) in [5.41, 5.74) is 6.81. The van der Waals surface area contributed by atoms with Gasteiger partial charge in [0, 0.05) is 0 Å². The summed E-state index contributed by atoms with van der Waals surface area (Å²) in [7, 11) is 0. The van der Waals surface area contributed by atoms with Crippen molar-refractivity contribution in [3.05, 3.63) is 11.6 Å². The van der Waals surface area contributed by atoms with Crippen LogP contribution in [0.1, 0.15) is 40.0 Å². The van der Waals surface area contributed by atoms with Crippen LogP contribution >= 0.6 is 0 Å². The number of allylic oxidation sites excluding steroid dienone is 2. The monoisotopic (exact) mass is 198 g/mol. The van der Waals surface area contributed by atoms with Crippen LogP contribution < -0.4 is 5.73 Å². The highest BCUT2D eigenvalue weighted by molar-refractivity contribution is 5.77. The molecule has 0 aromatic heterocycles. The molecule has 0 aliphatic heterocycles. The van der Waals surface area contributed by atoms with E-state index < -0.39 is 0 Å². The summed E-state index contributed by atoms with van der Waals surface area (Å²) < 4.78 is 5.15. The van der Waals surface area contributed by atoms with Crippen molar-refractivity contribution >= 4 is 5.90 Å². The highest BCUT2D eigenvalue weighted by Crippen LogP contribution is 2.01. The summed E-state index contributed by atoms with van der Waals surface area (Å²) in [6.07, 6.45) is 5.41. The second kappa shape index (κ2) is 7.56. The van der Waals surface area contributed by atoms with Gasteiger partial charge in [-0.1, -0.05) is 11.6 Å². The van der Waals surface area contributed by atoms with Crippen LogP contribution in [0.4, 0.5) is 0 Å². The van der Waals surface area contributed by atoms with Gasteiger partial charge in [-0.05, 0) is 40.0 Å². The van der Waals surface area contributed by atoms with Gasteiger partial charge < -0.3 is 10.5 Å². The Morgan fingerprint density at radius 3 is 2.57 bits per heavy atom. The van der Waals surface area contributed by atoms with Gasteiger partial charge in [-0.2, -0.15) is 0 Å². The van der Waals surface area contributed by atoms with Crippen molar-refractivity contribution in [2.24, 2.45) is 5.73 Å². The highest BCUT2D eigenvalue weighted by atomic mass is 16.5. The molecule has 3 N–H and O–H groups in total. The van der Waals surface area contributed by atoms with Crippen molar-refractivity contribution in [1.29, 1.82) is 5.41 Å². The quantitative estimate of drug-likeness (QED) is 0.298. The second-order valence-electron chi connectivity index (χ2n) is 3.78. The van der Waals surface area contributed by atoms with Gasteiger partial charge in [0.2, 0.25) is 0 Å². The lowest BCUT2D eigenvalue weighted by Crippen LogP contribution is -2.28. The first-order valence-electron chi connectivity index (χ1n) is 5.14. The highest BCUT2D eigenvalue weighted by Gasteiger charge is 2.02.